The quantitative estimate of drug-likeness (QED) is 0.268. The van der Waals surface area contributed by atoms with E-state index in [-0.39, 0.29) is 11.4 Å². The molecule has 2 aliphatic heterocycles. The summed E-state index contributed by atoms with van der Waals surface area (Å²) in [4.78, 5) is 50.5. The Balaban J connectivity index is 1.49. The first-order valence-electron chi connectivity index (χ1n) is 9.94. The molecule has 34 heavy (non-hydrogen) atoms. The lowest BCUT2D eigenvalue weighted by atomic mass is 10.0. The fourth-order valence-corrected chi connectivity index (χ4v) is 5.95. The van der Waals surface area contributed by atoms with Crippen LogP contribution < -0.4 is 16.4 Å². The zero-order chi connectivity index (χ0) is 24.4. The number of primary amides is 1. The van der Waals surface area contributed by atoms with Crippen molar-refractivity contribution in [2.75, 3.05) is 11.5 Å². The van der Waals surface area contributed by atoms with Gasteiger partial charge >= 0.3 is 12.0 Å². The smallest absolute Gasteiger partial charge is 0.352 e. The Morgan fingerprint density at radius 2 is 2.06 bits per heavy atom. The van der Waals surface area contributed by atoms with Gasteiger partial charge in [0, 0.05) is 18.6 Å². The van der Waals surface area contributed by atoms with Gasteiger partial charge in [-0.15, -0.1) is 16.9 Å². The number of tetrazole rings is 1. The monoisotopic (exact) mass is 504 g/mol. The number of fused-ring (bicyclic) bond motifs is 1. The highest BCUT2D eigenvalue weighted by molar-refractivity contribution is 8.01. The molecule has 1 aromatic carbocycles. The highest BCUT2D eigenvalue weighted by Gasteiger charge is 2.54. The predicted octanol–water partition coefficient (Wildman–Crippen LogP) is -0.550. The normalized spacial score (nSPS) is 20.3. The van der Waals surface area contributed by atoms with Crippen molar-refractivity contribution < 1.29 is 24.3 Å². The van der Waals surface area contributed by atoms with E-state index in [0.717, 1.165) is 0 Å². The Kier molecular flexibility index (Phi) is 6.74. The number of nitrogens with two attached hydrogens (primary N) is 1. The second-order valence-corrected chi connectivity index (χ2v) is 9.43. The van der Waals surface area contributed by atoms with Gasteiger partial charge in [-0.3, -0.25) is 14.5 Å². The number of aromatic nitrogens is 4. The number of rotatable bonds is 8. The zero-order valence-electron chi connectivity index (χ0n) is 17.7. The van der Waals surface area contributed by atoms with Crippen LogP contribution in [0.15, 0.2) is 46.8 Å². The molecule has 1 unspecified atom stereocenters. The second-order valence-electron chi connectivity index (χ2n) is 7.38. The third kappa shape index (κ3) is 4.56. The minimum absolute atomic E-state index is 0.100. The third-order valence-electron chi connectivity index (χ3n) is 5.19. The SMILES string of the molecule is Cn1nnnc1SCC1=C(C(=O)O)N2C(=O)C(NC(=O)[C@H](NC(N)=O)c3ccccc3)[C@H]2SC1. The number of nitrogens with one attached hydrogen (secondary N) is 2. The number of nitrogens with zero attached hydrogens (tertiary/aromatic N) is 5. The lowest BCUT2D eigenvalue weighted by Gasteiger charge is -2.49. The topological polar surface area (TPSA) is 185 Å². The van der Waals surface area contributed by atoms with Crippen LogP contribution in [0.25, 0.3) is 0 Å². The van der Waals surface area contributed by atoms with Crippen LogP contribution in [0, 0.1) is 0 Å². The van der Waals surface area contributed by atoms with Gasteiger partial charge in [-0.05, 0) is 21.6 Å². The summed E-state index contributed by atoms with van der Waals surface area (Å²) < 4.78 is 1.47. The first kappa shape index (κ1) is 23.6. The van der Waals surface area contributed by atoms with Gasteiger partial charge in [0.05, 0.1) is 0 Å². The van der Waals surface area contributed by atoms with E-state index in [4.69, 9.17) is 5.73 Å². The van der Waals surface area contributed by atoms with Crippen LogP contribution in [0.1, 0.15) is 11.6 Å². The molecule has 1 saturated heterocycles. The zero-order valence-corrected chi connectivity index (χ0v) is 19.4. The van der Waals surface area contributed by atoms with Crippen LogP contribution in [-0.4, -0.2) is 76.9 Å². The van der Waals surface area contributed by atoms with Gasteiger partial charge in [0.15, 0.2) is 0 Å². The van der Waals surface area contributed by atoms with Crippen molar-refractivity contribution >= 4 is 47.3 Å². The summed E-state index contributed by atoms with van der Waals surface area (Å²) in [6.45, 7) is 0. The third-order valence-corrected chi connectivity index (χ3v) is 7.62. The number of benzene rings is 1. The van der Waals surface area contributed by atoms with E-state index in [1.807, 2.05) is 0 Å². The first-order valence-corrected chi connectivity index (χ1v) is 12.0. The van der Waals surface area contributed by atoms with E-state index in [1.54, 1.807) is 37.4 Å². The van der Waals surface area contributed by atoms with Crippen LogP contribution in [-0.2, 0) is 21.4 Å². The number of carboxylic acids is 1. The molecular formula is C19H20N8O5S2. The molecule has 2 aromatic rings. The molecule has 0 saturated carbocycles. The van der Waals surface area contributed by atoms with Crippen molar-refractivity contribution in [3.8, 4) is 0 Å². The average Bonchev–Trinajstić information content (AvgIpc) is 3.23. The molecule has 3 atom stereocenters. The molecule has 0 radical (unpaired) electrons. The number of carboxylic acid groups (broad SMARTS) is 1. The first-order chi connectivity index (χ1) is 16.3. The summed E-state index contributed by atoms with van der Waals surface area (Å²) in [5.41, 5.74) is 6.16. The average molecular weight is 505 g/mol. The number of β-lactam (4-membered cyclic amide) rings is 1. The predicted molar refractivity (Wildman–Crippen MR) is 121 cm³/mol. The maximum Gasteiger partial charge on any atom is 0.352 e. The number of hydrogen-bond acceptors (Lipinski definition) is 9. The summed E-state index contributed by atoms with van der Waals surface area (Å²) in [7, 11) is 1.67. The van der Waals surface area contributed by atoms with E-state index in [9.17, 15) is 24.3 Å². The van der Waals surface area contributed by atoms with Crippen LogP contribution >= 0.6 is 23.5 Å². The summed E-state index contributed by atoms with van der Waals surface area (Å²) in [5, 5.41) is 25.9. The molecule has 15 heteroatoms. The number of carbonyl (C=O) groups is 4. The highest BCUT2D eigenvalue weighted by atomic mass is 32.2. The van der Waals surface area contributed by atoms with Gasteiger partial charge in [0.2, 0.25) is 11.1 Å². The van der Waals surface area contributed by atoms with Crippen molar-refractivity contribution in [2.24, 2.45) is 12.8 Å². The standard InChI is InChI=1S/C19H20N8O5S2/c1-26-19(23-24-25-26)34-8-10-7-33-16-12(15(29)27(16)13(10)17(30)31)21-14(28)11(22-18(20)32)9-5-3-2-4-6-9/h2-6,11-12,16H,7-8H2,1H3,(H,21,28)(H,30,31)(H3,20,22,32)/t11-,12?,16-/m1/s1. The van der Waals surface area contributed by atoms with Gasteiger partial charge < -0.3 is 21.5 Å². The molecule has 1 fully saturated rings. The maximum atomic E-state index is 12.9. The summed E-state index contributed by atoms with van der Waals surface area (Å²) in [6, 6.07) is 5.51. The largest absolute Gasteiger partial charge is 0.477 e. The Morgan fingerprint density at radius 3 is 2.68 bits per heavy atom. The van der Waals surface area contributed by atoms with Crippen LogP contribution in [0.2, 0.25) is 0 Å². The summed E-state index contributed by atoms with van der Waals surface area (Å²) >= 11 is 2.61. The number of carbonyl (C=O) groups excluding carboxylic acids is 3. The van der Waals surface area contributed by atoms with E-state index in [1.165, 1.54) is 33.1 Å². The Labute approximate surface area is 201 Å². The van der Waals surface area contributed by atoms with Crippen molar-refractivity contribution in [2.45, 2.75) is 22.6 Å². The lowest BCUT2D eigenvalue weighted by Crippen LogP contribution is -2.71. The molecule has 4 amide bonds. The number of thioether (sulfide) groups is 2. The molecule has 0 bridgehead atoms. The molecule has 0 spiro atoms. The van der Waals surface area contributed by atoms with E-state index >= 15 is 0 Å². The Morgan fingerprint density at radius 1 is 1.32 bits per heavy atom. The number of hydrogen-bond donors (Lipinski definition) is 4. The van der Waals surface area contributed by atoms with E-state index in [0.29, 0.717) is 22.0 Å². The van der Waals surface area contributed by atoms with Crippen LogP contribution in [0.3, 0.4) is 0 Å². The molecular weight excluding hydrogens is 484 g/mol. The van der Waals surface area contributed by atoms with Gasteiger partial charge in [0.1, 0.15) is 23.2 Å². The molecule has 4 rings (SSSR count). The van der Waals surface area contributed by atoms with Crippen molar-refractivity contribution in [3.05, 3.63) is 47.2 Å². The fraction of sp³-hybridized carbons (Fsp3) is 0.316. The number of amides is 4. The molecule has 1 aromatic heterocycles. The lowest BCUT2D eigenvalue weighted by molar-refractivity contribution is -0.150. The highest BCUT2D eigenvalue weighted by Crippen LogP contribution is 2.41. The van der Waals surface area contributed by atoms with Crippen molar-refractivity contribution in [1.29, 1.82) is 0 Å². The Hall–Kier alpha value is -3.59. The van der Waals surface area contributed by atoms with Gasteiger partial charge in [-0.1, -0.05) is 42.1 Å². The van der Waals surface area contributed by atoms with Gasteiger partial charge in [-0.2, -0.15) is 0 Å². The molecule has 13 nitrogen and oxygen atoms in total. The number of urea groups is 1. The molecule has 0 aliphatic carbocycles. The van der Waals surface area contributed by atoms with E-state index in [2.05, 4.69) is 26.2 Å². The van der Waals surface area contributed by atoms with Crippen LogP contribution in [0.5, 0.6) is 0 Å². The summed E-state index contributed by atoms with van der Waals surface area (Å²) in [5.74, 6) is -1.76. The minimum atomic E-state index is -1.23. The fourth-order valence-electron chi connectivity index (χ4n) is 3.61. The van der Waals surface area contributed by atoms with Crippen molar-refractivity contribution in [1.82, 2.24) is 35.7 Å². The maximum absolute atomic E-state index is 12.9. The molecule has 5 N–H and O–H groups in total. The van der Waals surface area contributed by atoms with Gasteiger partial charge in [0.25, 0.3) is 5.91 Å². The molecule has 178 valence electrons. The van der Waals surface area contributed by atoms with Crippen LogP contribution in [0.4, 0.5) is 4.79 Å². The van der Waals surface area contributed by atoms with Gasteiger partial charge in [-0.25, -0.2) is 14.3 Å². The number of aryl methyl sites for hydroxylation is 1. The van der Waals surface area contributed by atoms with Crippen molar-refractivity contribution in [3.63, 3.8) is 0 Å². The summed E-state index contributed by atoms with van der Waals surface area (Å²) in [6.07, 6.45) is 0. The second kappa shape index (κ2) is 9.72. The van der Waals surface area contributed by atoms with E-state index < -0.39 is 41.3 Å². The molecule has 2 aliphatic rings. The minimum Gasteiger partial charge on any atom is -0.477 e. The Bertz CT molecular complexity index is 1170. The number of aliphatic carboxylic acids is 1. The molecule has 3 heterocycles.